The standard InChI is InChI=1S/C22H27N3O3/c1-24(21(26)20-10-8-18(9-11-20)14-23-28-2)16-22(27)12-13-25(17-22)15-19-6-4-3-5-7-19/h3-11,14,27H,12-13,15-17H2,1-2H3. The summed E-state index contributed by atoms with van der Waals surface area (Å²) in [5.41, 5.74) is 1.78. The van der Waals surface area contributed by atoms with Crippen LogP contribution < -0.4 is 0 Å². The summed E-state index contributed by atoms with van der Waals surface area (Å²) in [6.45, 7) is 2.50. The Morgan fingerprint density at radius 1 is 1.25 bits per heavy atom. The van der Waals surface area contributed by atoms with Crippen LogP contribution in [0.15, 0.2) is 59.8 Å². The molecule has 0 aromatic heterocycles. The minimum atomic E-state index is -0.885. The van der Waals surface area contributed by atoms with Gasteiger partial charge in [-0.05, 0) is 29.7 Å². The maximum atomic E-state index is 12.7. The summed E-state index contributed by atoms with van der Waals surface area (Å²) >= 11 is 0. The Morgan fingerprint density at radius 2 is 1.96 bits per heavy atom. The average molecular weight is 381 g/mol. The van der Waals surface area contributed by atoms with Crippen LogP contribution >= 0.6 is 0 Å². The number of carbonyl (C=O) groups is 1. The zero-order valence-electron chi connectivity index (χ0n) is 16.4. The van der Waals surface area contributed by atoms with Crippen molar-refractivity contribution in [3.63, 3.8) is 0 Å². The quantitative estimate of drug-likeness (QED) is 0.591. The summed E-state index contributed by atoms with van der Waals surface area (Å²) in [7, 11) is 3.22. The summed E-state index contributed by atoms with van der Waals surface area (Å²) in [6.07, 6.45) is 2.24. The molecule has 1 fully saturated rings. The van der Waals surface area contributed by atoms with Gasteiger partial charge in [-0.1, -0.05) is 47.6 Å². The normalized spacial score (nSPS) is 19.8. The number of hydrogen-bond acceptors (Lipinski definition) is 5. The Labute approximate surface area is 166 Å². The Hall–Kier alpha value is -2.70. The van der Waals surface area contributed by atoms with Crippen LogP contribution in [0, 0.1) is 0 Å². The van der Waals surface area contributed by atoms with Crippen molar-refractivity contribution in [2.75, 3.05) is 33.8 Å². The van der Waals surface area contributed by atoms with Gasteiger partial charge in [-0.3, -0.25) is 9.69 Å². The zero-order chi connectivity index (χ0) is 20.0. The number of carbonyl (C=O) groups excluding carboxylic acids is 1. The van der Waals surface area contributed by atoms with Crippen molar-refractivity contribution in [2.24, 2.45) is 5.16 Å². The molecular weight excluding hydrogens is 354 g/mol. The third-order valence-corrected chi connectivity index (χ3v) is 5.00. The first-order valence-electron chi connectivity index (χ1n) is 9.40. The van der Waals surface area contributed by atoms with Gasteiger partial charge >= 0.3 is 0 Å². The van der Waals surface area contributed by atoms with Gasteiger partial charge in [-0.2, -0.15) is 0 Å². The molecule has 6 heteroatoms. The number of aliphatic hydroxyl groups is 1. The second kappa shape index (κ2) is 8.99. The minimum Gasteiger partial charge on any atom is -0.399 e. The van der Waals surface area contributed by atoms with E-state index >= 15 is 0 Å². The van der Waals surface area contributed by atoms with Gasteiger partial charge in [0.15, 0.2) is 0 Å². The lowest BCUT2D eigenvalue weighted by atomic mass is 10.0. The summed E-state index contributed by atoms with van der Waals surface area (Å²) in [5.74, 6) is -0.106. The lowest BCUT2D eigenvalue weighted by molar-refractivity contribution is 0.0170. The summed E-state index contributed by atoms with van der Waals surface area (Å²) < 4.78 is 0. The fourth-order valence-electron chi connectivity index (χ4n) is 3.61. The minimum absolute atomic E-state index is 0.106. The molecule has 0 spiro atoms. The third kappa shape index (κ3) is 5.18. The Kier molecular flexibility index (Phi) is 6.44. The van der Waals surface area contributed by atoms with E-state index in [1.165, 1.54) is 12.7 Å². The molecule has 2 aromatic carbocycles. The lowest BCUT2D eigenvalue weighted by Crippen LogP contribution is -2.45. The first-order chi connectivity index (χ1) is 13.5. The number of likely N-dealkylation sites (N-methyl/N-ethyl adjacent to an activating group) is 1. The monoisotopic (exact) mass is 381 g/mol. The largest absolute Gasteiger partial charge is 0.399 e. The van der Waals surface area contributed by atoms with Gasteiger partial charge in [0.25, 0.3) is 5.91 Å². The molecule has 2 aromatic rings. The molecule has 1 N–H and O–H groups in total. The number of amides is 1. The average Bonchev–Trinajstić information content (AvgIpc) is 3.07. The van der Waals surface area contributed by atoms with Crippen LogP contribution in [0.5, 0.6) is 0 Å². The van der Waals surface area contributed by atoms with Crippen LogP contribution in [0.4, 0.5) is 0 Å². The first kappa shape index (κ1) is 20.0. The topological polar surface area (TPSA) is 65.4 Å². The maximum absolute atomic E-state index is 12.7. The SMILES string of the molecule is CON=Cc1ccc(C(=O)N(C)CC2(O)CCN(Cc3ccccc3)C2)cc1. The zero-order valence-corrected chi connectivity index (χ0v) is 16.4. The second-order valence-corrected chi connectivity index (χ2v) is 7.37. The van der Waals surface area contributed by atoms with Crippen molar-refractivity contribution < 1.29 is 14.7 Å². The van der Waals surface area contributed by atoms with Gasteiger partial charge in [0.05, 0.1) is 18.4 Å². The molecular formula is C22H27N3O3. The first-order valence-corrected chi connectivity index (χ1v) is 9.40. The third-order valence-electron chi connectivity index (χ3n) is 5.00. The van der Waals surface area contributed by atoms with E-state index in [9.17, 15) is 9.90 Å². The molecule has 3 rings (SSSR count). The van der Waals surface area contributed by atoms with E-state index in [-0.39, 0.29) is 5.91 Å². The molecule has 148 valence electrons. The Bertz CT molecular complexity index is 808. The van der Waals surface area contributed by atoms with Crippen molar-refractivity contribution in [1.82, 2.24) is 9.80 Å². The van der Waals surface area contributed by atoms with E-state index < -0.39 is 5.60 Å². The molecule has 1 heterocycles. The highest BCUT2D eigenvalue weighted by atomic mass is 16.6. The van der Waals surface area contributed by atoms with Crippen LogP contribution in [0.25, 0.3) is 0 Å². The van der Waals surface area contributed by atoms with Crippen molar-refractivity contribution >= 4 is 12.1 Å². The van der Waals surface area contributed by atoms with E-state index in [0.717, 1.165) is 18.7 Å². The van der Waals surface area contributed by atoms with Gasteiger partial charge < -0.3 is 14.8 Å². The Morgan fingerprint density at radius 3 is 2.64 bits per heavy atom. The maximum Gasteiger partial charge on any atom is 0.253 e. The molecule has 0 saturated carbocycles. The number of benzene rings is 2. The molecule has 1 atom stereocenters. The summed E-state index contributed by atoms with van der Waals surface area (Å²) in [6, 6.07) is 17.4. The van der Waals surface area contributed by atoms with Gasteiger partial charge in [-0.15, -0.1) is 0 Å². The predicted octanol–water partition coefficient (Wildman–Crippen LogP) is 2.38. The van der Waals surface area contributed by atoms with Crippen molar-refractivity contribution in [3.8, 4) is 0 Å². The fraction of sp³-hybridized carbons (Fsp3) is 0.364. The van der Waals surface area contributed by atoms with E-state index in [4.69, 9.17) is 0 Å². The highest BCUT2D eigenvalue weighted by Gasteiger charge is 2.37. The lowest BCUT2D eigenvalue weighted by Gasteiger charge is -2.29. The van der Waals surface area contributed by atoms with E-state index in [2.05, 4.69) is 27.0 Å². The fourth-order valence-corrected chi connectivity index (χ4v) is 3.61. The van der Waals surface area contributed by atoms with Crippen LogP contribution in [-0.4, -0.2) is 66.4 Å². The second-order valence-electron chi connectivity index (χ2n) is 7.37. The number of oxime groups is 1. The smallest absolute Gasteiger partial charge is 0.253 e. The molecule has 1 unspecified atom stereocenters. The van der Waals surface area contributed by atoms with Gasteiger partial charge in [-0.25, -0.2) is 0 Å². The molecule has 1 saturated heterocycles. The molecule has 1 aliphatic rings. The Balaban J connectivity index is 1.56. The van der Waals surface area contributed by atoms with Gasteiger partial charge in [0, 0.05) is 32.2 Å². The highest BCUT2D eigenvalue weighted by molar-refractivity contribution is 5.95. The number of β-amino-alcohol motifs (C(OH)–C–C–N with tert-alkyl or cyclic N) is 1. The van der Waals surface area contributed by atoms with E-state index in [1.807, 2.05) is 30.3 Å². The highest BCUT2D eigenvalue weighted by Crippen LogP contribution is 2.24. The summed E-state index contributed by atoms with van der Waals surface area (Å²) in [5, 5.41) is 14.7. The van der Waals surface area contributed by atoms with Gasteiger partial charge in [0.2, 0.25) is 0 Å². The molecule has 28 heavy (non-hydrogen) atoms. The molecule has 0 bridgehead atoms. The number of hydrogen-bond donors (Lipinski definition) is 1. The van der Waals surface area contributed by atoms with E-state index in [0.29, 0.717) is 25.1 Å². The van der Waals surface area contributed by atoms with Crippen LogP contribution in [0.3, 0.4) is 0 Å². The van der Waals surface area contributed by atoms with Crippen molar-refractivity contribution in [3.05, 3.63) is 71.3 Å². The number of nitrogens with zero attached hydrogens (tertiary/aromatic N) is 3. The van der Waals surface area contributed by atoms with Crippen LogP contribution in [0.2, 0.25) is 0 Å². The van der Waals surface area contributed by atoms with Crippen LogP contribution in [-0.2, 0) is 11.4 Å². The molecule has 0 aliphatic carbocycles. The molecule has 0 radical (unpaired) electrons. The van der Waals surface area contributed by atoms with Gasteiger partial charge in [0.1, 0.15) is 7.11 Å². The molecule has 6 nitrogen and oxygen atoms in total. The molecule has 1 aliphatic heterocycles. The van der Waals surface area contributed by atoms with Crippen LogP contribution in [0.1, 0.15) is 27.9 Å². The van der Waals surface area contributed by atoms with Crippen molar-refractivity contribution in [2.45, 2.75) is 18.6 Å². The number of likely N-dealkylation sites (tertiary alicyclic amines) is 1. The van der Waals surface area contributed by atoms with Crippen molar-refractivity contribution in [1.29, 1.82) is 0 Å². The van der Waals surface area contributed by atoms with E-state index in [1.54, 1.807) is 30.3 Å². The number of rotatable bonds is 7. The molecule has 1 amide bonds. The summed E-state index contributed by atoms with van der Waals surface area (Å²) in [4.78, 5) is 21.2. The predicted molar refractivity (Wildman–Crippen MR) is 109 cm³/mol.